The molecule has 0 bridgehead atoms. The van der Waals surface area contributed by atoms with E-state index in [1.165, 1.54) is 0 Å². The SMILES string of the molecule is NC1(C(=O)O)C[C@H](O)[C@@H]1C(F)(F)F. The maximum Gasteiger partial charge on any atom is 0.396 e. The fourth-order valence-corrected chi connectivity index (χ4v) is 1.50. The maximum absolute atomic E-state index is 12.1. The molecule has 0 radical (unpaired) electrons. The number of hydrogen-bond acceptors (Lipinski definition) is 3. The van der Waals surface area contributed by atoms with Crippen LogP contribution in [0.25, 0.3) is 0 Å². The Hall–Kier alpha value is -0.820. The van der Waals surface area contributed by atoms with Crippen molar-refractivity contribution >= 4 is 5.97 Å². The fraction of sp³-hybridized carbons (Fsp3) is 0.833. The fourth-order valence-electron chi connectivity index (χ4n) is 1.50. The smallest absolute Gasteiger partial charge is 0.396 e. The Kier molecular flexibility index (Phi) is 2.04. The quantitative estimate of drug-likeness (QED) is 0.542. The molecule has 1 fully saturated rings. The van der Waals surface area contributed by atoms with Gasteiger partial charge in [-0.3, -0.25) is 4.79 Å². The van der Waals surface area contributed by atoms with Crippen LogP contribution in [0, 0.1) is 5.92 Å². The molecule has 76 valence electrons. The number of aliphatic hydroxyl groups is 1. The summed E-state index contributed by atoms with van der Waals surface area (Å²) in [4.78, 5) is 10.4. The highest BCUT2D eigenvalue weighted by Gasteiger charge is 2.67. The molecule has 0 aromatic rings. The Bertz CT molecular complexity index is 242. The summed E-state index contributed by atoms with van der Waals surface area (Å²) < 4.78 is 36.3. The number of aliphatic carboxylic acids is 1. The number of carbonyl (C=O) groups is 1. The maximum atomic E-state index is 12.1. The van der Waals surface area contributed by atoms with Gasteiger partial charge in [-0.25, -0.2) is 0 Å². The molecule has 3 atom stereocenters. The van der Waals surface area contributed by atoms with Crippen molar-refractivity contribution in [2.45, 2.75) is 24.2 Å². The van der Waals surface area contributed by atoms with Gasteiger partial charge in [0.25, 0.3) is 0 Å². The average molecular weight is 199 g/mol. The third-order valence-corrected chi connectivity index (χ3v) is 2.24. The first-order valence-electron chi connectivity index (χ1n) is 3.46. The van der Waals surface area contributed by atoms with Crippen LogP contribution in [0.2, 0.25) is 0 Å². The first-order chi connectivity index (χ1) is 5.69. The van der Waals surface area contributed by atoms with E-state index in [9.17, 15) is 18.0 Å². The Morgan fingerprint density at radius 2 is 2.00 bits per heavy atom. The van der Waals surface area contributed by atoms with E-state index in [0.29, 0.717) is 0 Å². The molecule has 0 amide bonds. The Balaban J connectivity index is 2.89. The molecular formula is C6H8F3NO3. The van der Waals surface area contributed by atoms with E-state index in [0.717, 1.165) is 0 Å². The highest BCUT2D eigenvalue weighted by molar-refractivity contribution is 5.81. The number of halogens is 3. The molecule has 0 aromatic carbocycles. The summed E-state index contributed by atoms with van der Waals surface area (Å²) in [6, 6.07) is 0. The predicted octanol–water partition coefficient (Wildman–Crippen LogP) is -0.288. The minimum atomic E-state index is -4.77. The van der Waals surface area contributed by atoms with Gasteiger partial charge in [-0.05, 0) is 0 Å². The number of carboxylic acids is 1. The van der Waals surface area contributed by atoms with Gasteiger partial charge in [0.2, 0.25) is 0 Å². The molecule has 0 heterocycles. The average Bonchev–Trinajstić information content (AvgIpc) is 1.80. The van der Waals surface area contributed by atoms with Crippen molar-refractivity contribution in [2.24, 2.45) is 11.7 Å². The molecule has 1 aliphatic carbocycles. The highest BCUT2D eigenvalue weighted by Crippen LogP contribution is 2.47. The van der Waals surface area contributed by atoms with Crippen LogP contribution in [-0.2, 0) is 4.79 Å². The summed E-state index contributed by atoms with van der Waals surface area (Å²) in [7, 11) is 0. The van der Waals surface area contributed by atoms with Crippen LogP contribution in [0.3, 0.4) is 0 Å². The number of nitrogens with two attached hydrogens (primary N) is 1. The van der Waals surface area contributed by atoms with Gasteiger partial charge in [-0.15, -0.1) is 0 Å². The van der Waals surface area contributed by atoms with Gasteiger partial charge in [0.1, 0.15) is 11.5 Å². The lowest BCUT2D eigenvalue weighted by atomic mass is 9.64. The monoisotopic (exact) mass is 199 g/mol. The summed E-state index contributed by atoms with van der Waals surface area (Å²) in [6.07, 6.45) is -7.04. The first-order valence-corrected chi connectivity index (χ1v) is 3.46. The number of aliphatic hydroxyl groups excluding tert-OH is 1. The molecular weight excluding hydrogens is 191 g/mol. The van der Waals surface area contributed by atoms with Gasteiger partial charge in [-0.1, -0.05) is 0 Å². The summed E-state index contributed by atoms with van der Waals surface area (Å²) in [5.74, 6) is -4.10. The molecule has 13 heavy (non-hydrogen) atoms. The molecule has 7 heteroatoms. The summed E-state index contributed by atoms with van der Waals surface area (Å²) in [6.45, 7) is 0. The molecule has 1 unspecified atom stereocenters. The van der Waals surface area contributed by atoms with Crippen LogP contribution in [-0.4, -0.2) is 34.0 Å². The van der Waals surface area contributed by atoms with E-state index in [2.05, 4.69) is 0 Å². The van der Waals surface area contributed by atoms with Crippen molar-refractivity contribution < 1.29 is 28.2 Å². The number of hydrogen-bond donors (Lipinski definition) is 3. The standard InChI is InChI=1S/C6H8F3NO3/c7-6(8,9)3-2(11)1-5(3,10)4(12)13/h2-3,11H,1,10H2,(H,12,13)/t2-,3-,5?/m0/s1. The van der Waals surface area contributed by atoms with E-state index in [1.807, 2.05) is 0 Å². The van der Waals surface area contributed by atoms with Crippen molar-refractivity contribution in [3.8, 4) is 0 Å². The van der Waals surface area contributed by atoms with E-state index in [1.54, 1.807) is 0 Å². The van der Waals surface area contributed by atoms with Gasteiger partial charge in [-0.2, -0.15) is 13.2 Å². The van der Waals surface area contributed by atoms with Crippen molar-refractivity contribution in [3.63, 3.8) is 0 Å². The minimum Gasteiger partial charge on any atom is -0.480 e. The van der Waals surface area contributed by atoms with E-state index in [-0.39, 0.29) is 0 Å². The molecule has 4 nitrogen and oxygen atoms in total. The van der Waals surface area contributed by atoms with Crippen molar-refractivity contribution in [1.29, 1.82) is 0 Å². The second kappa shape index (κ2) is 2.58. The molecule has 4 N–H and O–H groups in total. The Morgan fingerprint density at radius 1 is 1.54 bits per heavy atom. The van der Waals surface area contributed by atoms with Crippen molar-refractivity contribution in [2.75, 3.05) is 0 Å². The summed E-state index contributed by atoms with van der Waals surface area (Å²) >= 11 is 0. The number of carboxylic acid groups (broad SMARTS) is 1. The van der Waals surface area contributed by atoms with Gasteiger partial charge >= 0.3 is 12.1 Å². The molecule has 0 saturated heterocycles. The zero-order chi connectivity index (χ0) is 10.4. The van der Waals surface area contributed by atoms with Gasteiger partial charge in [0.05, 0.1) is 6.10 Å². The Morgan fingerprint density at radius 3 is 2.15 bits per heavy atom. The predicted molar refractivity (Wildman–Crippen MR) is 34.7 cm³/mol. The normalized spacial score (nSPS) is 39.8. The first kappa shape index (κ1) is 10.3. The van der Waals surface area contributed by atoms with Gasteiger partial charge < -0.3 is 15.9 Å². The molecule has 0 aliphatic heterocycles. The number of rotatable bonds is 1. The topological polar surface area (TPSA) is 83.6 Å². The van der Waals surface area contributed by atoms with Crippen molar-refractivity contribution in [3.05, 3.63) is 0 Å². The number of alkyl halides is 3. The van der Waals surface area contributed by atoms with Gasteiger partial charge in [0.15, 0.2) is 0 Å². The molecule has 1 rings (SSSR count). The van der Waals surface area contributed by atoms with Crippen LogP contribution in [0.1, 0.15) is 6.42 Å². The lowest BCUT2D eigenvalue weighted by Crippen LogP contribution is -2.72. The largest absolute Gasteiger partial charge is 0.480 e. The van der Waals surface area contributed by atoms with Crippen LogP contribution in [0.5, 0.6) is 0 Å². The third-order valence-electron chi connectivity index (χ3n) is 2.24. The zero-order valence-electron chi connectivity index (χ0n) is 6.38. The highest BCUT2D eigenvalue weighted by atomic mass is 19.4. The second-order valence-corrected chi connectivity index (χ2v) is 3.14. The molecule has 0 aromatic heterocycles. The van der Waals surface area contributed by atoms with E-state index >= 15 is 0 Å². The van der Waals surface area contributed by atoms with Crippen molar-refractivity contribution in [1.82, 2.24) is 0 Å². The van der Waals surface area contributed by atoms with Crippen LogP contribution in [0.15, 0.2) is 0 Å². The van der Waals surface area contributed by atoms with Crippen LogP contribution >= 0.6 is 0 Å². The minimum absolute atomic E-state index is 0.563. The Labute approximate surface area is 71.1 Å². The summed E-state index contributed by atoms with van der Waals surface area (Å²) in [5.41, 5.74) is 2.62. The lowest BCUT2D eigenvalue weighted by molar-refractivity contribution is -0.257. The second-order valence-electron chi connectivity index (χ2n) is 3.14. The van der Waals surface area contributed by atoms with Crippen LogP contribution in [0.4, 0.5) is 13.2 Å². The third kappa shape index (κ3) is 1.37. The molecule has 1 aliphatic rings. The zero-order valence-corrected chi connectivity index (χ0v) is 6.38. The molecule has 1 saturated carbocycles. The van der Waals surface area contributed by atoms with Crippen LogP contribution < -0.4 is 5.73 Å². The molecule has 0 spiro atoms. The van der Waals surface area contributed by atoms with E-state index in [4.69, 9.17) is 15.9 Å². The van der Waals surface area contributed by atoms with E-state index < -0.39 is 36.1 Å². The van der Waals surface area contributed by atoms with Gasteiger partial charge in [0, 0.05) is 6.42 Å². The summed E-state index contributed by atoms with van der Waals surface area (Å²) in [5, 5.41) is 17.2. The lowest BCUT2D eigenvalue weighted by Gasteiger charge is -2.47.